The second-order valence-electron chi connectivity index (χ2n) is 5.18. The van der Waals surface area contributed by atoms with Gasteiger partial charge in [-0.3, -0.25) is 0 Å². The van der Waals surface area contributed by atoms with Crippen LogP contribution < -0.4 is 5.32 Å². The second-order valence-corrected chi connectivity index (χ2v) is 7.53. The van der Waals surface area contributed by atoms with Crippen LogP contribution in [-0.4, -0.2) is 16.8 Å². The van der Waals surface area contributed by atoms with Gasteiger partial charge in [-0.05, 0) is 37.4 Å². The number of nitrogens with one attached hydrogen (secondary N) is 1. The van der Waals surface area contributed by atoms with Crippen LogP contribution in [0.2, 0.25) is 0 Å². The highest BCUT2D eigenvalue weighted by Crippen LogP contribution is 2.40. The lowest BCUT2D eigenvalue weighted by Crippen LogP contribution is -2.34. The van der Waals surface area contributed by atoms with E-state index in [1.165, 1.54) is 28.3 Å². The third-order valence-electron chi connectivity index (χ3n) is 3.73. The first-order valence-corrected chi connectivity index (χ1v) is 8.94. The smallest absolute Gasteiger partial charge is 0.150 e. The summed E-state index contributed by atoms with van der Waals surface area (Å²) >= 11 is 3.71. The van der Waals surface area contributed by atoms with Gasteiger partial charge in [0.2, 0.25) is 0 Å². The van der Waals surface area contributed by atoms with Gasteiger partial charge in [0.1, 0.15) is 4.34 Å². The van der Waals surface area contributed by atoms with Crippen molar-refractivity contribution in [3.63, 3.8) is 0 Å². The average molecular weight is 304 g/mol. The van der Waals surface area contributed by atoms with Crippen molar-refractivity contribution in [2.24, 2.45) is 0 Å². The van der Waals surface area contributed by atoms with E-state index in [1.54, 1.807) is 11.3 Å². The summed E-state index contributed by atoms with van der Waals surface area (Å²) in [5.74, 6) is 0. The van der Waals surface area contributed by atoms with Gasteiger partial charge in [0.25, 0.3) is 0 Å². The molecule has 2 unspecified atom stereocenters. The first kappa shape index (κ1) is 14.1. The SMILES string of the molecule is CCNC1c2ccccc2CCC1Sc1nc(C)cs1. The number of hydrogen-bond acceptors (Lipinski definition) is 4. The van der Waals surface area contributed by atoms with Crippen LogP contribution in [-0.2, 0) is 6.42 Å². The highest BCUT2D eigenvalue weighted by atomic mass is 32.2. The Hall–Kier alpha value is -0.840. The molecule has 2 atom stereocenters. The molecule has 3 rings (SSSR count). The quantitative estimate of drug-likeness (QED) is 0.916. The van der Waals surface area contributed by atoms with Gasteiger partial charge in [-0.2, -0.15) is 0 Å². The number of hydrogen-bond donors (Lipinski definition) is 1. The van der Waals surface area contributed by atoms with Crippen LogP contribution in [0.5, 0.6) is 0 Å². The van der Waals surface area contributed by atoms with E-state index in [2.05, 4.69) is 53.8 Å². The molecule has 1 aliphatic rings. The molecule has 0 radical (unpaired) electrons. The lowest BCUT2D eigenvalue weighted by Gasteiger charge is -2.33. The molecule has 0 amide bonds. The molecule has 0 aliphatic heterocycles. The molecule has 1 heterocycles. The van der Waals surface area contributed by atoms with Crippen LogP contribution in [0, 0.1) is 6.92 Å². The Morgan fingerprint density at radius 1 is 1.40 bits per heavy atom. The Labute approximate surface area is 129 Å². The molecule has 0 saturated carbocycles. The number of rotatable bonds is 4. The molecule has 1 aromatic carbocycles. The third-order valence-corrected chi connectivity index (χ3v) is 6.17. The van der Waals surface area contributed by atoms with Gasteiger partial charge in [-0.25, -0.2) is 4.98 Å². The van der Waals surface area contributed by atoms with E-state index >= 15 is 0 Å². The summed E-state index contributed by atoms with van der Waals surface area (Å²) in [6, 6.07) is 9.30. The molecule has 0 fully saturated rings. The maximum absolute atomic E-state index is 4.61. The molecule has 1 aromatic heterocycles. The number of thioether (sulfide) groups is 1. The van der Waals surface area contributed by atoms with Gasteiger partial charge in [-0.1, -0.05) is 43.0 Å². The summed E-state index contributed by atoms with van der Waals surface area (Å²) < 4.78 is 1.20. The van der Waals surface area contributed by atoms with Crippen LogP contribution in [0.4, 0.5) is 0 Å². The van der Waals surface area contributed by atoms with Gasteiger partial charge >= 0.3 is 0 Å². The summed E-state index contributed by atoms with van der Waals surface area (Å²) in [7, 11) is 0. The monoisotopic (exact) mass is 304 g/mol. The second kappa shape index (κ2) is 6.29. The third kappa shape index (κ3) is 2.92. The molecule has 20 heavy (non-hydrogen) atoms. The molecule has 2 nitrogen and oxygen atoms in total. The minimum atomic E-state index is 0.444. The van der Waals surface area contributed by atoms with Crippen molar-refractivity contribution in [2.75, 3.05) is 6.54 Å². The first-order valence-electron chi connectivity index (χ1n) is 7.18. The van der Waals surface area contributed by atoms with Crippen molar-refractivity contribution in [1.29, 1.82) is 0 Å². The summed E-state index contributed by atoms with van der Waals surface area (Å²) in [6.45, 7) is 5.26. The Morgan fingerprint density at radius 2 is 2.25 bits per heavy atom. The number of aryl methyl sites for hydroxylation is 2. The van der Waals surface area contributed by atoms with Gasteiger partial charge in [-0.15, -0.1) is 11.3 Å². The fraction of sp³-hybridized carbons (Fsp3) is 0.438. The highest BCUT2D eigenvalue weighted by Gasteiger charge is 2.30. The lowest BCUT2D eigenvalue weighted by atomic mass is 9.87. The highest BCUT2D eigenvalue weighted by molar-refractivity contribution is 8.01. The summed E-state index contributed by atoms with van der Waals surface area (Å²) in [5, 5.41) is 6.39. The zero-order valence-electron chi connectivity index (χ0n) is 11.9. The number of fused-ring (bicyclic) bond motifs is 1. The van der Waals surface area contributed by atoms with Crippen molar-refractivity contribution in [2.45, 2.75) is 42.3 Å². The van der Waals surface area contributed by atoms with Crippen LogP contribution in [0.1, 0.15) is 36.2 Å². The van der Waals surface area contributed by atoms with E-state index in [-0.39, 0.29) is 0 Å². The predicted octanol–water partition coefficient (Wildman–Crippen LogP) is 4.21. The molecule has 0 saturated heterocycles. The summed E-state index contributed by atoms with van der Waals surface area (Å²) in [6.07, 6.45) is 2.40. The average Bonchev–Trinajstić information content (AvgIpc) is 2.87. The van der Waals surface area contributed by atoms with E-state index in [9.17, 15) is 0 Å². The summed E-state index contributed by atoms with van der Waals surface area (Å²) in [4.78, 5) is 4.61. The number of benzene rings is 1. The van der Waals surface area contributed by atoms with E-state index in [0.29, 0.717) is 11.3 Å². The Balaban J connectivity index is 1.84. The van der Waals surface area contributed by atoms with Crippen molar-refractivity contribution in [1.82, 2.24) is 10.3 Å². The van der Waals surface area contributed by atoms with Crippen molar-refractivity contribution in [3.05, 3.63) is 46.5 Å². The van der Waals surface area contributed by atoms with E-state index < -0.39 is 0 Å². The molecule has 2 aromatic rings. The molecule has 0 spiro atoms. The Bertz CT molecular complexity index is 579. The van der Waals surface area contributed by atoms with E-state index in [1.807, 2.05) is 11.8 Å². The normalized spacial score (nSPS) is 21.7. The van der Waals surface area contributed by atoms with Crippen LogP contribution >= 0.6 is 23.1 Å². The Kier molecular flexibility index (Phi) is 4.44. The van der Waals surface area contributed by atoms with Gasteiger partial charge in [0.05, 0.1) is 0 Å². The van der Waals surface area contributed by atoms with Crippen molar-refractivity contribution in [3.8, 4) is 0 Å². The fourth-order valence-electron chi connectivity index (χ4n) is 2.83. The number of nitrogens with zero attached hydrogens (tertiary/aromatic N) is 1. The van der Waals surface area contributed by atoms with Crippen LogP contribution in [0.3, 0.4) is 0 Å². The topological polar surface area (TPSA) is 24.9 Å². The zero-order valence-corrected chi connectivity index (χ0v) is 13.6. The standard InChI is InChI=1S/C16H20N2S2/c1-3-17-15-13-7-5-4-6-12(13)8-9-14(15)20-16-18-11(2)10-19-16/h4-7,10,14-15,17H,3,8-9H2,1-2H3. The maximum atomic E-state index is 4.61. The first-order chi connectivity index (χ1) is 9.78. The van der Waals surface area contributed by atoms with Crippen molar-refractivity contribution >= 4 is 23.1 Å². The minimum absolute atomic E-state index is 0.444. The molecule has 1 aliphatic carbocycles. The van der Waals surface area contributed by atoms with Gasteiger partial charge in [0, 0.05) is 22.4 Å². The van der Waals surface area contributed by atoms with E-state index in [0.717, 1.165) is 12.2 Å². The number of thiazole rings is 1. The number of aromatic nitrogens is 1. The largest absolute Gasteiger partial charge is 0.309 e. The van der Waals surface area contributed by atoms with Gasteiger partial charge in [0.15, 0.2) is 0 Å². The van der Waals surface area contributed by atoms with E-state index in [4.69, 9.17) is 0 Å². The molecular weight excluding hydrogens is 284 g/mol. The predicted molar refractivity (Wildman–Crippen MR) is 87.7 cm³/mol. The maximum Gasteiger partial charge on any atom is 0.150 e. The van der Waals surface area contributed by atoms with Crippen molar-refractivity contribution < 1.29 is 0 Å². The van der Waals surface area contributed by atoms with Crippen LogP contribution in [0.15, 0.2) is 34.0 Å². The molecule has 1 N–H and O–H groups in total. The molecule has 106 valence electrons. The Morgan fingerprint density at radius 3 is 3.00 bits per heavy atom. The molecule has 0 bridgehead atoms. The fourth-order valence-corrected chi connectivity index (χ4v) is 5.16. The molecule has 4 heteroatoms. The van der Waals surface area contributed by atoms with Crippen LogP contribution in [0.25, 0.3) is 0 Å². The molecular formula is C16H20N2S2. The summed E-state index contributed by atoms with van der Waals surface area (Å²) in [5.41, 5.74) is 4.12. The lowest BCUT2D eigenvalue weighted by molar-refractivity contribution is 0.484. The minimum Gasteiger partial charge on any atom is -0.309 e. The zero-order chi connectivity index (χ0) is 13.9. The van der Waals surface area contributed by atoms with Gasteiger partial charge < -0.3 is 5.32 Å².